The first-order valence-corrected chi connectivity index (χ1v) is 7.74. The molecule has 0 aliphatic heterocycles. The van der Waals surface area contributed by atoms with E-state index in [2.05, 4.69) is 5.16 Å². The number of nitrogens with zero attached hydrogens (tertiary/aromatic N) is 1. The zero-order valence-electron chi connectivity index (χ0n) is 14.7. The van der Waals surface area contributed by atoms with Crippen LogP contribution < -0.4 is 9.47 Å². The molecule has 0 spiro atoms. The third kappa shape index (κ3) is 5.07. The van der Waals surface area contributed by atoms with Crippen molar-refractivity contribution in [2.24, 2.45) is 5.16 Å². The largest absolute Gasteiger partial charge is 0.497 e. The normalized spacial score (nSPS) is 10.8. The SMILES string of the molecule is CO/N=C(\C(=O)OCc1ccccc1)c1cc(OC)ccc1OC(C)=O. The smallest absolute Gasteiger partial charge is 0.361 e. The molecule has 0 amide bonds. The second-order valence-electron chi connectivity index (χ2n) is 5.14. The summed E-state index contributed by atoms with van der Waals surface area (Å²) in [5, 5.41) is 3.75. The van der Waals surface area contributed by atoms with Crippen LogP contribution in [0, 0.1) is 0 Å². The van der Waals surface area contributed by atoms with E-state index in [0.717, 1.165) is 5.56 Å². The predicted molar refractivity (Wildman–Crippen MR) is 94.1 cm³/mol. The Morgan fingerprint density at radius 3 is 2.38 bits per heavy atom. The van der Waals surface area contributed by atoms with E-state index in [1.165, 1.54) is 33.3 Å². The van der Waals surface area contributed by atoms with Gasteiger partial charge in [-0.15, -0.1) is 0 Å². The van der Waals surface area contributed by atoms with Gasteiger partial charge in [0.1, 0.15) is 25.2 Å². The van der Waals surface area contributed by atoms with Gasteiger partial charge in [-0.1, -0.05) is 35.5 Å². The quantitative estimate of drug-likeness (QED) is 0.328. The van der Waals surface area contributed by atoms with Crippen molar-refractivity contribution < 1.29 is 28.6 Å². The minimum atomic E-state index is -0.725. The fourth-order valence-electron chi connectivity index (χ4n) is 2.14. The molecule has 2 aromatic carbocycles. The number of esters is 2. The lowest BCUT2D eigenvalue weighted by molar-refractivity contribution is -0.137. The molecule has 0 heterocycles. The van der Waals surface area contributed by atoms with Crippen LogP contribution in [-0.4, -0.2) is 31.9 Å². The van der Waals surface area contributed by atoms with Crippen LogP contribution >= 0.6 is 0 Å². The van der Waals surface area contributed by atoms with E-state index in [4.69, 9.17) is 19.0 Å². The van der Waals surface area contributed by atoms with Gasteiger partial charge in [0.15, 0.2) is 5.71 Å². The summed E-state index contributed by atoms with van der Waals surface area (Å²) in [6.45, 7) is 1.32. The molecule has 0 aliphatic rings. The number of carbonyl (C=O) groups excluding carboxylic acids is 2. The van der Waals surface area contributed by atoms with Gasteiger partial charge in [-0.3, -0.25) is 4.79 Å². The first kappa shape index (κ1) is 19.0. The molecule has 7 nitrogen and oxygen atoms in total. The minimum Gasteiger partial charge on any atom is -0.497 e. The molecule has 0 saturated heterocycles. The minimum absolute atomic E-state index is 0.0648. The summed E-state index contributed by atoms with van der Waals surface area (Å²) in [7, 11) is 2.78. The van der Waals surface area contributed by atoms with Gasteiger partial charge in [0, 0.05) is 6.92 Å². The number of benzene rings is 2. The fourth-order valence-corrected chi connectivity index (χ4v) is 2.14. The van der Waals surface area contributed by atoms with E-state index >= 15 is 0 Å². The molecule has 0 bridgehead atoms. The second kappa shape index (κ2) is 9.22. The highest BCUT2D eigenvalue weighted by Gasteiger charge is 2.23. The lowest BCUT2D eigenvalue weighted by Gasteiger charge is -2.12. The van der Waals surface area contributed by atoms with E-state index in [9.17, 15) is 9.59 Å². The first-order chi connectivity index (χ1) is 12.5. The fraction of sp³-hybridized carbons (Fsp3) is 0.211. The summed E-state index contributed by atoms with van der Waals surface area (Å²) in [5.41, 5.74) is 0.904. The molecule has 0 aromatic heterocycles. The van der Waals surface area contributed by atoms with Crippen LogP contribution in [-0.2, 0) is 25.8 Å². The Labute approximate surface area is 151 Å². The molecule has 0 saturated carbocycles. The van der Waals surface area contributed by atoms with E-state index in [1.807, 2.05) is 30.3 Å². The number of methoxy groups -OCH3 is 1. The molecule has 0 fully saturated rings. The van der Waals surface area contributed by atoms with Crippen LogP contribution in [0.15, 0.2) is 53.7 Å². The van der Waals surface area contributed by atoms with E-state index in [1.54, 1.807) is 6.07 Å². The van der Waals surface area contributed by atoms with Crippen LogP contribution in [0.5, 0.6) is 11.5 Å². The average molecular weight is 357 g/mol. The molecule has 2 rings (SSSR count). The van der Waals surface area contributed by atoms with Gasteiger partial charge < -0.3 is 19.0 Å². The Hall–Kier alpha value is -3.35. The molecule has 136 valence electrons. The van der Waals surface area contributed by atoms with Crippen LogP contribution in [0.25, 0.3) is 0 Å². The molecule has 0 atom stereocenters. The second-order valence-corrected chi connectivity index (χ2v) is 5.14. The van der Waals surface area contributed by atoms with Crippen LogP contribution in [0.4, 0.5) is 0 Å². The lowest BCUT2D eigenvalue weighted by atomic mass is 10.1. The maximum absolute atomic E-state index is 12.5. The van der Waals surface area contributed by atoms with Gasteiger partial charge in [-0.2, -0.15) is 0 Å². The van der Waals surface area contributed by atoms with Crippen LogP contribution in [0.2, 0.25) is 0 Å². The lowest BCUT2D eigenvalue weighted by Crippen LogP contribution is -2.21. The number of rotatable bonds is 7. The number of ether oxygens (including phenoxy) is 3. The third-order valence-electron chi connectivity index (χ3n) is 3.28. The number of hydrogen-bond donors (Lipinski definition) is 0. The third-order valence-corrected chi connectivity index (χ3v) is 3.28. The Balaban J connectivity index is 2.31. The summed E-state index contributed by atoms with van der Waals surface area (Å²) in [6, 6.07) is 13.8. The summed E-state index contributed by atoms with van der Waals surface area (Å²) in [5.74, 6) is -0.662. The molecule has 2 aromatic rings. The molecule has 0 N–H and O–H groups in total. The molecular weight excluding hydrogens is 338 g/mol. The summed E-state index contributed by atoms with van der Waals surface area (Å²) in [4.78, 5) is 28.6. The standard InChI is InChI=1S/C19H19NO6/c1-13(21)26-17-10-9-15(23-2)11-16(17)18(20-24-3)19(22)25-12-14-7-5-4-6-8-14/h4-11H,12H2,1-3H3/b20-18-. The predicted octanol–water partition coefficient (Wildman–Crippen LogP) is 2.71. The monoisotopic (exact) mass is 357 g/mol. The summed E-state index contributed by atoms with van der Waals surface area (Å²) >= 11 is 0. The Bertz CT molecular complexity index is 801. The average Bonchev–Trinajstić information content (AvgIpc) is 2.65. The first-order valence-electron chi connectivity index (χ1n) is 7.74. The molecule has 7 heteroatoms. The number of hydrogen-bond acceptors (Lipinski definition) is 7. The summed E-state index contributed by atoms with van der Waals surface area (Å²) < 4.78 is 15.6. The van der Waals surface area contributed by atoms with Gasteiger partial charge >= 0.3 is 11.9 Å². The van der Waals surface area contributed by atoms with Gasteiger partial charge in [0.05, 0.1) is 12.7 Å². The van der Waals surface area contributed by atoms with Crippen molar-refractivity contribution in [1.82, 2.24) is 0 Å². The molecule has 0 aliphatic carbocycles. The van der Waals surface area contributed by atoms with Crippen molar-refractivity contribution in [1.29, 1.82) is 0 Å². The van der Waals surface area contributed by atoms with E-state index < -0.39 is 11.9 Å². The number of oxime groups is 1. The molecule has 0 radical (unpaired) electrons. The van der Waals surface area contributed by atoms with Crippen molar-refractivity contribution in [2.45, 2.75) is 13.5 Å². The maximum Gasteiger partial charge on any atom is 0.361 e. The summed E-state index contributed by atoms with van der Waals surface area (Å²) in [6.07, 6.45) is 0. The van der Waals surface area contributed by atoms with Crippen LogP contribution in [0.1, 0.15) is 18.1 Å². The highest BCUT2D eigenvalue weighted by molar-refractivity contribution is 6.43. The van der Waals surface area contributed by atoms with Gasteiger partial charge in [0.25, 0.3) is 0 Å². The molecule has 26 heavy (non-hydrogen) atoms. The molecule has 0 unspecified atom stereocenters. The highest BCUT2D eigenvalue weighted by Crippen LogP contribution is 2.26. The topological polar surface area (TPSA) is 83.4 Å². The van der Waals surface area contributed by atoms with Crippen molar-refractivity contribution in [2.75, 3.05) is 14.2 Å². The van der Waals surface area contributed by atoms with Crippen molar-refractivity contribution in [3.63, 3.8) is 0 Å². The van der Waals surface area contributed by atoms with Crippen molar-refractivity contribution >= 4 is 17.7 Å². The van der Waals surface area contributed by atoms with E-state index in [-0.39, 0.29) is 23.6 Å². The highest BCUT2D eigenvalue weighted by atomic mass is 16.6. The zero-order chi connectivity index (χ0) is 18.9. The van der Waals surface area contributed by atoms with Crippen molar-refractivity contribution in [3.8, 4) is 11.5 Å². The van der Waals surface area contributed by atoms with Gasteiger partial charge in [0.2, 0.25) is 0 Å². The Kier molecular flexibility index (Phi) is 6.73. The Morgan fingerprint density at radius 2 is 1.77 bits per heavy atom. The molecular formula is C19H19NO6. The van der Waals surface area contributed by atoms with E-state index in [0.29, 0.717) is 5.75 Å². The van der Waals surface area contributed by atoms with Crippen LogP contribution in [0.3, 0.4) is 0 Å². The Morgan fingerprint density at radius 1 is 1.04 bits per heavy atom. The number of carbonyl (C=O) groups is 2. The van der Waals surface area contributed by atoms with Crippen molar-refractivity contribution in [3.05, 3.63) is 59.7 Å². The van der Waals surface area contributed by atoms with Gasteiger partial charge in [-0.05, 0) is 23.8 Å². The van der Waals surface area contributed by atoms with Gasteiger partial charge in [-0.25, -0.2) is 4.79 Å². The maximum atomic E-state index is 12.5. The zero-order valence-corrected chi connectivity index (χ0v) is 14.7.